The first kappa shape index (κ1) is 14.6. The number of pyridine rings is 1. The summed E-state index contributed by atoms with van der Waals surface area (Å²) in [5, 5.41) is 3.71. The van der Waals surface area contributed by atoms with Crippen LogP contribution in [-0.2, 0) is 0 Å². The van der Waals surface area contributed by atoms with Crippen molar-refractivity contribution in [1.82, 2.24) is 10.3 Å². The van der Waals surface area contributed by atoms with Crippen molar-refractivity contribution in [3.63, 3.8) is 0 Å². The van der Waals surface area contributed by atoms with Gasteiger partial charge in [0.05, 0.1) is 5.56 Å². The van der Waals surface area contributed by atoms with E-state index < -0.39 is 0 Å². The second-order valence-electron chi connectivity index (χ2n) is 5.71. The Kier molecular flexibility index (Phi) is 4.37. The number of para-hydroxylation sites is 1. The summed E-state index contributed by atoms with van der Waals surface area (Å²) in [7, 11) is 0. The first-order chi connectivity index (χ1) is 10.7. The number of nitrogens with one attached hydrogen (secondary N) is 2. The number of hydrogen-bond donors (Lipinski definition) is 2. The summed E-state index contributed by atoms with van der Waals surface area (Å²) in [6, 6.07) is 8.74. The summed E-state index contributed by atoms with van der Waals surface area (Å²) >= 11 is 0. The van der Waals surface area contributed by atoms with Crippen molar-refractivity contribution in [2.24, 2.45) is 0 Å². The van der Waals surface area contributed by atoms with Gasteiger partial charge in [-0.05, 0) is 38.2 Å². The highest BCUT2D eigenvalue weighted by Gasteiger charge is 2.11. The third-order valence-corrected chi connectivity index (χ3v) is 4.11. The summed E-state index contributed by atoms with van der Waals surface area (Å²) in [4.78, 5) is 26.8. The van der Waals surface area contributed by atoms with E-state index in [0.717, 1.165) is 24.6 Å². The van der Waals surface area contributed by atoms with Gasteiger partial charge in [0.2, 0.25) is 5.56 Å². The lowest BCUT2D eigenvalue weighted by molar-refractivity contribution is 0.0955. The minimum atomic E-state index is -0.251. The number of H-pyrrole nitrogens is 1. The van der Waals surface area contributed by atoms with E-state index in [4.69, 9.17) is 0 Å². The number of carbonyl (C=O) groups excluding carboxylic acids is 1. The fourth-order valence-electron chi connectivity index (χ4n) is 2.96. The van der Waals surface area contributed by atoms with E-state index in [1.807, 2.05) is 18.2 Å². The number of fused-ring (bicyclic) bond motifs is 1. The van der Waals surface area contributed by atoms with Crippen LogP contribution in [0.3, 0.4) is 0 Å². The summed E-state index contributed by atoms with van der Waals surface area (Å²) in [6.45, 7) is 0.617. The Morgan fingerprint density at radius 1 is 1.23 bits per heavy atom. The predicted molar refractivity (Wildman–Crippen MR) is 88.1 cm³/mol. The predicted octanol–water partition coefficient (Wildman–Crippen LogP) is 3.15. The number of hydrogen-bond acceptors (Lipinski definition) is 2. The summed E-state index contributed by atoms with van der Waals surface area (Å²) in [5.41, 5.74) is 2.31. The molecular weight excluding hydrogens is 276 g/mol. The molecule has 2 aromatic rings. The van der Waals surface area contributed by atoms with Crippen LogP contribution in [0.4, 0.5) is 0 Å². The Morgan fingerprint density at radius 2 is 2.09 bits per heavy atom. The second-order valence-corrected chi connectivity index (χ2v) is 5.71. The molecule has 1 amide bonds. The zero-order valence-electron chi connectivity index (χ0n) is 12.5. The Balaban J connectivity index is 1.72. The van der Waals surface area contributed by atoms with Crippen LogP contribution in [0.25, 0.3) is 10.9 Å². The van der Waals surface area contributed by atoms with Gasteiger partial charge in [-0.3, -0.25) is 9.59 Å². The maximum atomic E-state index is 12.4. The van der Waals surface area contributed by atoms with Gasteiger partial charge in [-0.15, -0.1) is 0 Å². The van der Waals surface area contributed by atoms with Gasteiger partial charge in [-0.2, -0.15) is 0 Å². The van der Waals surface area contributed by atoms with Crippen molar-refractivity contribution in [2.45, 2.75) is 32.1 Å². The average molecular weight is 296 g/mol. The first-order valence-corrected chi connectivity index (χ1v) is 7.82. The summed E-state index contributed by atoms with van der Waals surface area (Å²) in [5.74, 6) is -0.182. The van der Waals surface area contributed by atoms with Crippen LogP contribution < -0.4 is 10.9 Å². The number of amides is 1. The molecule has 22 heavy (non-hydrogen) atoms. The lowest BCUT2D eigenvalue weighted by Crippen LogP contribution is -2.26. The van der Waals surface area contributed by atoms with E-state index in [-0.39, 0.29) is 11.5 Å². The van der Waals surface area contributed by atoms with Gasteiger partial charge in [0.15, 0.2) is 0 Å². The van der Waals surface area contributed by atoms with Gasteiger partial charge in [0, 0.05) is 23.5 Å². The minimum absolute atomic E-state index is 0.182. The van der Waals surface area contributed by atoms with Gasteiger partial charge >= 0.3 is 0 Å². The zero-order chi connectivity index (χ0) is 15.4. The Labute approximate surface area is 129 Å². The molecule has 0 atom stereocenters. The van der Waals surface area contributed by atoms with Crippen molar-refractivity contribution in [3.05, 3.63) is 57.9 Å². The van der Waals surface area contributed by atoms with Crippen molar-refractivity contribution in [2.75, 3.05) is 6.54 Å². The lowest BCUT2D eigenvalue weighted by Gasteiger charge is -2.13. The van der Waals surface area contributed by atoms with Crippen molar-refractivity contribution < 1.29 is 4.79 Å². The molecule has 0 saturated heterocycles. The monoisotopic (exact) mass is 296 g/mol. The molecule has 0 fully saturated rings. The van der Waals surface area contributed by atoms with Crippen LogP contribution in [0.5, 0.6) is 0 Å². The molecule has 3 rings (SSSR count). The fraction of sp³-hybridized carbons (Fsp3) is 0.333. The van der Waals surface area contributed by atoms with Crippen LogP contribution in [-0.4, -0.2) is 17.4 Å². The number of allylic oxidation sites excluding steroid dienone is 1. The van der Waals surface area contributed by atoms with Crippen molar-refractivity contribution in [3.8, 4) is 0 Å². The van der Waals surface area contributed by atoms with Crippen molar-refractivity contribution in [1.29, 1.82) is 0 Å². The number of aromatic nitrogens is 1. The lowest BCUT2D eigenvalue weighted by atomic mass is 9.97. The highest BCUT2D eigenvalue weighted by molar-refractivity contribution is 6.05. The molecule has 0 radical (unpaired) electrons. The fourth-order valence-corrected chi connectivity index (χ4v) is 2.96. The molecule has 0 unspecified atom stereocenters. The van der Waals surface area contributed by atoms with Crippen LogP contribution in [0.15, 0.2) is 46.8 Å². The largest absolute Gasteiger partial charge is 0.352 e. The molecule has 4 nitrogen and oxygen atoms in total. The van der Waals surface area contributed by atoms with E-state index >= 15 is 0 Å². The molecule has 114 valence electrons. The van der Waals surface area contributed by atoms with Crippen molar-refractivity contribution >= 4 is 16.8 Å². The number of benzene rings is 1. The van der Waals surface area contributed by atoms with Gasteiger partial charge in [-0.25, -0.2) is 0 Å². The highest BCUT2D eigenvalue weighted by Crippen LogP contribution is 2.19. The van der Waals surface area contributed by atoms with Crippen LogP contribution >= 0.6 is 0 Å². The van der Waals surface area contributed by atoms with Crippen LogP contribution in [0.1, 0.15) is 42.5 Å². The molecule has 4 heteroatoms. The molecule has 0 spiro atoms. The third-order valence-electron chi connectivity index (χ3n) is 4.11. The summed E-state index contributed by atoms with van der Waals surface area (Å²) < 4.78 is 0. The average Bonchev–Trinajstić information content (AvgIpc) is 2.55. The second kappa shape index (κ2) is 6.60. The molecule has 1 heterocycles. The first-order valence-electron chi connectivity index (χ1n) is 7.82. The molecule has 0 saturated carbocycles. The number of rotatable bonds is 4. The SMILES string of the molecule is O=C(NCCC1=CCCCC1)c1cc(=O)[nH]c2ccccc12. The maximum Gasteiger partial charge on any atom is 0.252 e. The standard InChI is InChI=1S/C18H20N2O2/c21-17-12-15(14-8-4-5-9-16(14)20-17)18(22)19-11-10-13-6-2-1-3-7-13/h4-6,8-9,12H,1-3,7,10-11H2,(H,19,22)(H,20,21). The van der Waals surface area contributed by atoms with E-state index in [1.54, 1.807) is 6.07 Å². The van der Waals surface area contributed by atoms with Crippen LogP contribution in [0, 0.1) is 0 Å². The molecule has 1 aromatic carbocycles. The van der Waals surface area contributed by atoms with Gasteiger partial charge in [-0.1, -0.05) is 29.8 Å². The van der Waals surface area contributed by atoms with E-state index in [1.165, 1.54) is 24.5 Å². The molecule has 1 aliphatic carbocycles. The number of aromatic amines is 1. The smallest absolute Gasteiger partial charge is 0.252 e. The molecule has 1 aromatic heterocycles. The zero-order valence-corrected chi connectivity index (χ0v) is 12.5. The Bertz CT molecular complexity index is 774. The topological polar surface area (TPSA) is 62.0 Å². The quantitative estimate of drug-likeness (QED) is 0.851. The molecule has 2 N–H and O–H groups in total. The molecule has 0 aliphatic heterocycles. The molecular formula is C18H20N2O2. The third kappa shape index (κ3) is 3.27. The maximum absolute atomic E-state index is 12.4. The highest BCUT2D eigenvalue weighted by atomic mass is 16.2. The Morgan fingerprint density at radius 3 is 2.91 bits per heavy atom. The van der Waals surface area contributed by atoms with Gasteiger partial charge < -0.3 is 10.3 Å². The van der Waals surface area contributed by atoms with E-state index in [0.29, 0.717) is 17.6 Å². The normalized spacial score (nSPS) is 14.6. The van der Waals surface area contributed by atoms with Crippen LogP contribution in [0.2, 0.25) is 0 Å². The summed E-state index contributed by atoms with van der Waals surface area (Å²) in [6.07, 6.45) is 8.00. The van der Waals surface area contributed by atoms with E-state index in [2.05, 4.69) is 16.4 Å². The van der Waals surface area contributed by atoms with Gasteiger partial charge in [0.25, 0.3) is 5.91 Å². The minimum Gasteiger partial charge on any atom is -0.352 e. The Hall–Kier alpha value is -2.36. The van der Waals surface area contributed by atoms with E-state index in [9.17, 15) is 9.59 Å². The molecule has 1 aliphatic rings. The van der Waals surface area contributed by atoms with Gasteiger partial charge in [0.1, 0.15) is 0 Å². The number of carbonyl (C=O) groups is 1. The molecule has 0 bridgehead atoms.